The summed E-state index contributed by atoms with van der Waals surface area (Å²) in [5.41, 5.74) is -2.70. The van der Waals surface area contributed by atoms with E-state index in [1.165, 1.54) is 0 Å². The Bertz CT molecular complexity index is 612. The molecule has 166 valence electrons. The number of rotatable bonds is 14. The van der Waals surface area contributed by atoms with Crippen molar-refractivity contribution in [2.24, 2.45) is 22.7 Å². The molecule has 0 amide bonds. The molecule has 0 aromatic heterocycles. The molecular weight excluding hydrogens is 368 g/mol. The summed E-state index contributed by atoms with van der Waals surface area (Å²) >= 11 is 0. The first kappa shape index (κ1) is 23.8. The van der Waals surface area contributed by atoms with Crippen molar-refractivity contribution in [1.82, 2.24) is 0 Å². The van der Waals surface area contributed by atoms with Gasteiger partial charge in [0.15, 0.2) is 6.10 Å². The van der Waals surface area contributed by atoms with E-state index in [-0.39, 0.29) is 24.4 Å². The molecule has 1 saturated heterocycles. The average Bonchev–Trinajstić information content (AvgIpc) is 3.44. The summed E-state index contributed by atoms with van der Waals surface area (Å²) in [6.45, 7) is 8.44. The Kier molecular flexibility index (Phi) is 8.18. The zero-order chi connectivity index (χ0) is 21.7. The molecule has 1 heterocycles. The van der Waals surface area contributed by atoms with E-state index >= 15 is 0 Å². The van der Waals surface area contributed by atoms with Gasteiger partial charge in [-0.15, -0.1) is 0 Å². The van der Waals surface area contributed by atoms with Crippen molar-refractivity contribution in [3.63, 3.8) is 0 Å². The van der Waals surface area contributed by atoms with Crippen LogP contribution in [0.4, 0.5) is 0 Å². The zero-order valence-electron chi connectivity index (χ0n) is 18.7. The van der Waals surface area contributed by atoms with E-state index in [0.717, 1.165) is 51.4 Å². The lowest BCUT2D eigenvalue weighted by molar-refractivity contribution is -0.175. The summed E-state index contributed by atoms with van der Waals surface area (Å²) in [6.07, 6.45) is 10.4. The smallest absolute Gasteiger partial charge is 0.314 e. The Morgan fingerprint density at radius 1 is 1.00 bits per heavy atom. The van der Waals surface area contributed by atoms with Crippen LogP contribution in [0, 0.1) is 22.7 Å². The van der Waals surface area contributed by atoms with Gasteiger partial charge < -0.3 is 14.9 Å². The highest BCUT2D eigenvalue weighted by atomic mass is 16.6. The number of fused-ring (bicyclic) bond motifs is 1. The highest BCUT2D eigenvalue weighted by molar-refractivity contribution is 5.89. The molecule has 2 N–H and O–H groups in total. The fourth-order valence-corrected chi connectivity index (χ4v) is 5.35. The first-order chi connectivity index (χ1) is 13.8. The van der Waals surface area contributed by atoms with Gasteiger partial charge >= 0.3 is 11.9 Å². The van der Waals surface area contributed by atoms with Crippen LogP contribution in [0.15, 0.2) is 11.8 Å². The number of carboxylic acids is 2. The molecule has 2 aliphatic rings. The topological polar surface area (TPSA) is 87.1 Å². The van der Waals surface area contributed by atoms with Crippen LogP contribution < -0.4 is 0 Å². The third kappa shape index (κ3) is 4.80. The van der Waals surface area contributed by atoms with Crippen molar-refractivity contribution in [1.29, 1.82) is 0 Å². The zero-order valence-corrected chi connectivity index (χ0v) is 18.7. The van der Waals surface area contributed by atoms with E-state index in [4.69, 9.17) is 4.74 Å². The number of unbranched alkanes of at least 4 members (excludes halogenated alkanes) is 2. The summed E-state index contributed by atoms with van der Waals surface area (Å²) in [6, 6.07) is 0. The third-order valence-corrected chi connectivity index (χ3v) is 7.44. The molecule has 1 fully saturated rings. The van der Waals surface area contributed by atoms with E-state index in [1.54, 1.807) is 6.08 Å². The molecule has 5 atom stereocenters. The first-order valence-corrected chi connectivity index (χ1v) is 11.7. The van der Waals surface area contributed by atoms with Gasteiger partial charge in [-0.25, -0.2) is 0 Å². The Balaban J connectivity index is 2.48. The lowest BCUT2D eigenvalue weighted by Crippen LogP contribution is -2.55. The molecule has 0 aromatic carbocycles. The fourth-order valence-electron chi connectivity index (χ4n) is 5.35. The second-order valence-electron chi connectivity index (χ2n) is 9.26. The number of carboxylic acid groups (broad SMARTS) is 2. The molecule has 5 unspecified atom stereocenters. The summed E-state index contributed by atoms with van der Waals surface area (Å²) in [4.78, 5) is 25.6. The van der Waals surface area contributed by atoms with Gasteiger partial charge in [-0.2, -0.15) is 0 Å². The van der Waals surface area contributed by atoms with Crippen LogP contribution in [0.25, 0.3) is 0 Å². The molecule has 29 heavy (non-hydrogen) atoms. The van der Waals surface area contributed by atoms with Crippen LogP contribution >= 0.6 is 0 Å². The van der Waals surface area contributed by atoms with Gasteiger partial charge in [0.05, 0.1) is 5.41 Å². The molecule has 0 spiro atoms. The monoisotopic (exact) mass is 408 g/mol. The molecular formula is C24H40O5. The van der Waals surface area contributed by atoms with Crippen molar-refractivity contribution in [2.75, 3.05) is 0 Å². The van der Waals surface area contributed by atoms with Crippen molar-refractivity contribution in [3.05, 3.63) is 11.8 Å². The van der Waals surface area contributed by atoms with E-state index in [9.17, 15) is 19.8 Å². The van der Waals surface area contributed by atoms with Crippen molar-refractivity contribution >= 4 is 11.9 Å². The van der Waals surface area contributed by atoms with Crippen LogP contribution in [-0.4, -0.2) is 28.3 Å². The van der Waals surface area contributed by atoms with Gasteiger partial charge in [-0.1, -0.05) is 79.1 Å². The number of hydrogen-bond donors (Lipinski definition) is 2. The van der Waals surface area contributed by atoms with E-state index in [2.05, 4.69) is 27.7 Å². The van der Waals surface area contributed by atoms with Gasteiger partial charge in [-0.3, -0.25) is 9.59 Å². The Morgan fingerprint density at radius 2 is 1.55 bits per heavy atom. The van der Waals surface area contributed by atoms with E-state index in [0.29, 0.717) is 18.6 Å². The SMILES string of the molecule is CCCCC(CC)CC1(C(=O)O)C=C2OC2CC1(CC(CC)CCCC)C(=O)O. The highest BCUT2D eigenvalue weighted by Crippen LogP contribution is 2.61. The largest absolute Gasteiger partial charge is 0.483 e. The Labute approximate surface area is 175 Å². The maximum absolute atomic E-state index is 12.8. The van der Waals surface area contributed by atoms with Crippen LogP contribution in [0.5, 0.6) is 0 Å². The molecule has 5 heteroatoms. The normalized spacial score (nSPS) is 29.9. The van der Waals surface area contributed by atoms with Gasteiger partial charge in [0, 0.05) is 6.42 Å². The quantitative estimate of drug-likeness (QED) is 0.343. The van der Waals surface area contributed by atoms with Crippen molar-refractivity contribution < 1.29 is 24.5 Å². The predicted molar refractivity (Wildman–Crippen MR) is 114 cm³/mol. The summed E-state index contributed by atoms with van der Waals surface area (Å²) in [7, 11) is 0. The summed E-state index contributed by atoms with van der Waals surface area (Å²) in [5.74, 6) is -0.856. The maximum Gasteiger partial charge on any atom is 0.314 e. The van der Waals surface area contributed by atoms with Crippen LogP contribution in [-0.2, 0) is 14.3 Å². The molecule has 0 aromatic rings. The lowest BCUT2D eigenvalue weighted by Gasteiger charge is -2.47. The molecule has 0 bridgehead atoms. The summed E-state index contributed by atoms with van der Waals surface area (Å²) < 4.78 is 5.62. The van der Waals surface area contributed by atoms with Crippen molar-refractivity contribution in [2.45, 2.75) is 104 Å². The van der Waals surface area contributed by atoms with Crippen LogP contribution in [0.2, 0.25) is 0 Å². The Hall–Kier alpha value is -1.52. The molecule has 1 aliphatic carbocycles. The third-order valence-electron chi connectivity index (χ3n) is 7.44. The molecule has 1 aliphatic heterocycles. The number of ether oxygens (including phenoxy) is 1. The number of epoxide rings is 1. The van der Waals surface area contributed by atoms with Gasteiger partial charge in [0.1, 0.15) is 11.2 Å². The number of carbonyl (C=O) groups is 2. The van der Waals surface area contributed by atoms with Crippen LogP contribution in [0.1, 0.15) is 98.3 Å². The number of aliphatic carboxylic acids is 2. The minimum absolute atomic E-state index is 0.202. The predicted octanol–water partition coefficient (Wildman–Crippen LogP) is 6.03. The highest BCUT2D eigenvalue weighted by Gasteiger charge is 2.67. The average molecular weight is 409 g/mol. The van der Waals surface area contributed by atoms with Gasteiger partial charge in [0.25, 0.3) is 0 Å². The van der Waals surface area contributed by atoms with E-state index in [1.807, 2.05) is 0 Å². The molecule has 2 rings (SSSR count). The minimum Gasteiger partial charge on any atom is -0.483 e. The van der Waals surface area contributed by atoms with Gasteiger partial charge in [-0.05, 0) is 30.8 Å². The van der Waals surface area contributed by atoms with E-state index < -0.39 is 22.8 Å². The van der Waals surface area contributed by atoms with Crippen LogP contribution in [0.3, 0.4) is 0 Å². The number of hydrogen-bond acceptors (Lipinski definition) is 3. The summed E-state index contributed by atoms with van der Waals surface area (Å²) in [5, 5.41) is 21.0. The molecule has 0 radical (unpaired) electrons. The second-order valence-corrected chi connectivity index (χ2v) is 9.26. The second kappa shape index (κ2) is 9.99. The lowest BCUT2D eigenvalue weighted by atomic mass is 9.52. The standard InChI is InChI=1S/C24H40O5/c1-5-9-11-17(7-3)13-23(21(25)26)15-19-20(29-19)16-24(23,22(27)28)14-18(8-4)12-10-6-2/h15,17-18,20H,5-14,16H2,1-4H3,(H,25,26)(H,27,28). The van der Waals surface area contributed by atoms with Crippen molar-refractivity contribution in [3.8, 4) is 0 Å². The minimum atomic E-state index is -1.39. The van der Waals surface area contributed by atoms with Gasteiger partial charge in [0.2, 0.25) is 0 Å². The maximum atomic E-state index is 12.8. The fraction of sp³-hybridized carbons (Fsp3) is 0.833. The Morgan fingerprint density at radius 3 is 2.00 bits per heavy atom. The molecule has 5 nitrogen and oxygen atoms in total. The molecule has 0 saturated carbocycles. The first-order valence-electron chi connectivity index (χ1n) is 11.7.